The van der Waals surface area contributed by atoms with Crippen molar-refractivity contribution >= 4 is 28.9 Å². The van der Waals surface area contributed by atoms with E-state index >= 15 is 0 Å². The summed E-state index contributed by atoms with van der Waals surface area (Å²) >= 11 is 0. The van der Waals surface area contributed by atoms with Crippen LogP contribution in [0.3, 0.4) is 0 Å². The van der Waals surface area contributed by atoms with Crippen LogP contribution in [0.25, 0.3) is 11.0 Å². The molecule has 0 fully saturated rings. The number of para-hydroxylation sites is 2. The highest BCUT2D eigenvalue weighted by Crippen LogP contribution is 2.41. The van der Waals surface area contributed by atoms with Crippen LogP contribution < -0.4 is 9.64 Å². The first kappa shape index (κ1) is 21.9. The van der Waals surface area contributed by atoms with Gasteiger partial charge in [0.2, 0.25) is 11.9 Å². The third kappa shape index (κ3) is 3.83. The maximum Gasteiger partial charge on any atom is 0.321 e. The standard InChI is InChI=1S/C25H29N3O4/c1-4-7-16-27-23(29)21(24(30)32-6-3)22(17-12-14-18(15-13-17)31-5-2)28-20-11-9-8-10-19(20)26-25(27)28/h8-15,21-22H,4-7,16H2,1-3H3/t21-,22-/m0/s1. The van der Waals surface area contributed by atoms with Gasteiger partial charge in [0.05, 0.1) is 30.3 Å². The molecule has 0 unspecified atom stereocenters. The number of unbranched alkanes of at least 4 members (excludes halogenated alkanes) is 1. The Morgan fingerprint density at radius 1 is 1.03 bits per heavy atom. The summed E-state index contributed by atoms with van der Waals surface area (Å²) in [4.78, 5) is 33.2. The Balaban J connectivity index is 1.92. The predicted molar refractivity (Wildman–Crippen MR) is 123 cm³/mol. The molecule has 0 radical (unpaired) electrons. The quantitative estimate of drug-likeness (QED) is 0.388. The summed E-state index contributed by atoms with van der Waals surface area (Å²) in [5.74, 6) is -0.454. The highest BCUT2D eigenvalue weighted by molar-refractivity contribution is 6.08. The largest absolute Gasteiger partial charge is 0.494 e. The minimum Gasteiger partial charge on any atom is -0.494 e. The number of amides is 1. The Bertz CT molecular complexity index is 1110. The van der Waals surface area contributed by atoms with E-state index in [1.54, 1.807) is 11.8 Å². The minimum absolute atomic E-state index is 0.213. The highest BCUT2D eigenvalue weighted by atomic mass is 16.5. The zero-order chi connectivity index (χ0) is 22.7. The highest BCUT2D eigenvalue weighted by Gasteiger charge is 2.47. The molecule has 2 heterocycles. The van der Waals surface area contributed by atoms with Crippen molar-refractivity contribution in [3.63, 3.8) is 0 Å². The van der Waals surface area contributed by atoms with Gasteiger partial charge in [-0.15, -0.1) is 0 Å². The lowest BCUT2D eigenvalue weighted by Crippen LogP contribution is -2.50. The molecule has 168 valence electrons. The fourth-order valence-electron chi connectivity index (χ4n) is 4.30. The summed E-state index contributed by atoms with van der Waals surface area (Å²) in [7, 11) is 0. The number of rotatable bonds is 8. The number of anilines is 1. The van der Waals surface area contributed by atoms with Crippen molar-refractivity contribution in [2.24, 2.45) is 5.92 Å². The number of hydrogen-bond acceptors (Lipinski definition) is 5. The Morgan fingerprint density at radius 3 is 2.47 bits per heavy atom. The first-order valence-electron chi connectivity index (χ1n) is 11.3. The smallest absolute Gasteiger partial charge is 0.321 e. The van der Waals surface area contributed by atoms with Crippen molar-refractivity contribution in [3.8, 4) is 5.75 Å². The Labute approximate surface area is 187 Å². The van der Waals surface area contributed by atoms with Gasteiger partial charge in [-0.25, -0.2) is 4.98 Å². The van der Waals surface area contributed by atoms with Gasteiger partial charge in [-0.1, -0.05) is 37.6 Å². The Kier molecular flexibility index (Phi) is 6.44. The van der Waals surface area contributed by atoms with Crippen molar-refractivity contribution in [2.75, 3.05) is 24.7 Å². The van der Waals surface area contributed by atoms with Crippen LogP contribution in [-0.4, -0.2) is 41.2 Å². The summed E-state index contributed by atoms with van der Waals surface area (Å²) in [5.41, 5.74) is 2.50. The first-order valence-corrected chi connectivity index (χ1v) is 11.3. The number of fused-ring (bicyclic) bond motifs is 3. The zero-order valence-corrected chi connectivity index (χ0v) is 18.8. The van der Waals surface area contributed by atoms with Gasteiger partial charge in [0.1, 0.15) is 5.75 Å². The second-order valence-electron chi connectivity index (χ2n) is 7.79. The van der Waals surface area contributed by atoms with Gasteiger partial charge in [0, 0.05) is 6.54 Å². The lowest BCUT2D eigenvalue weighted by atomic mass is 9.89. The van der Waals surface area contributed by atoms with E-state index in [1.165, 1.54) is 0 Å². The monoisotopic (exact) mass is 435 g/mol. The van der Waals surface area contributed by atoms with E-state index in [0.29, 0.717) is 19.1 Å². The molecule has 0 spiro atoms. The molecule has 32 heavy (non-hydrogen) atoms. The second kappa shape index (κ2) is 9.42. The number of carbonyl (C=O) groups is 2. The summed E-state index contributed by atoms with van der Waals surface area (Å²) in [6.07, 6.45) is 1.74. The number of benzene rings is 2. The fraction of sp³-hybridized carbons (Fsp3) is 0.400. The van der Waals surface area contributed by atoms with Crippen molar-refractivity contribution in [2.45, 2.75) is 39.7 Å². The molecule has 0 N–H and O–H groups in total. The third-order valence-electron chi connectivity index (χ3n) is 5.75. The Hall–Kier alpha value is -3.35. The average molecular weight is 436 g/mol. The van der Waals surface area contributed by atoms with Gasteiger partial charge in [-0.3, -0.25) is 14.5 Å². The van der Waals surface area contributed by atoms with Gasteiger partial charge in [-0.2, -0.15) is 0 Å². The molecule has 3 aromatic rings. The van der Waals surface area contributed by atoms with E-state index in [4.69, 9.17) is 14.5 Å². The summed E-state index contributed by atoms with van der Waals surface area (Å²) in [5, 5.41) is 0. The van der Waals surface area contributed by atoms with Crippen LogP contribution >= 0.6 is 0 Å². The molecule has 7 nitrogen and oxygen atoms in total. The Morgan fingerprint density at radius 2 is 1.78 bits per heavy atom. The molecule has 1 aromatic heterocycles. The molecule has 1 amide bonds. The number of nitrogens with zero attached hydrogens (tertiary/aromatic N) is 3. The van der Waals surface area contributed by atoms with Crippen molar-refractivity contribution in [1.29, 1.82) is 0 Å². The van der Waals surface area contributed by atoms with Crippen molar-refractivity contribution in [1.82, 2.24) is 9.55 Å². The predicted octanol–water partition coefficient (Wildman–Crippen LogP) is 4.35. The van der Waals surface area contributed by atoms with Crippen LogP contribution in [-0.2, 0) is 14.3 Å². The molecule has 0 aliphatic carbocycles. The van der Waals surface area contributed by atoms with Crippen molar-refractivity contribution < 1.29 is 19.1 Å². The number of imidazole rings is 1. The maximum atomic E-state index is 13.7. The fourth-order valence-corrected chi connectivity index (χ4v) is 4.30. The summed E-state index contributed by atoms with van der Waals surface area (Å²) < 4.78 is 13.0. The lowest BCUT2D eigenvalue weighted by molar-refractivity contribution is -0.153. The normalized spacial score (nSPS) is 18.0. The van der Waals surface area contributed by atoms with Gasteiger partial charge in [0.25, 0.3) is 0 Å². The van der Waals surface area contributed by atoms with Gasteiger partial charge >= 0.3 is 5.97 Å². The second-order valence-corrected chi connectivity index (χ2v) is 7.79. The van der Waals surface area contributed by atoms with Crippen LogP contribution in [0.4, 0.5) is 5.95 Å². The first-order chi connectivity index (χ1) is 15.6. The van der Waals surface area contributed by atoms with E-state index in [2.05, 4.69) is 6.92 Å². The van der Waals surface area contributed by atoms with E-state index < -0.39 is 17.9 Å². The van der Waals surface area contributed by atoms with Crippen molar-refractivity contribution in [3.05, 3.63) is 54.1 Å². The molecule has 7 heteroatoms. The topological polar surface area (TPSA) is 73.7 Å². The zero-order valence-electron chi connectivity index (χ0n) is 18.8. The SMILES string of the molecule is CCCCN1C(=O)[C@@H](C(=O)OCC)[C@H](c2ccc(OCC)cc2)n2c1nc1ccccc12. The van der Waals surface area contributed by atoms with Crippen LogP contribution in [0.1, 0.15) is 45.2 Å². The average Bonchev–Trinajstić information content (AvgIpc) is 3.18. The van der Waals surface area contributed by atoms with Gasteiger partial charge < -0.3 is 14.0 Å². The van der Waals surface area contributed by atoms with Crippen LogP contribution in [0.15, 0.2) is 48.5 Å². The molecule has 2 atom stereocenters. The van der Waals surface area contributed by atoms with Gasteiger partial charge in [0.15, 0.2) is 5.92 Å². The molecule has 4 rings (SSSR count). The summed E-state index contributed by atoms with van der Waals surface area (Å²) in [6.45, 7) is 7.04. The molecular weight excluding hydrogens is 406 g/mol. The van der Waals surface area contributed by atoms with E-state index in [9.17, 15) is 9.59 Å². The number of ether oxygens (including phenoxy) is 2. The van der Waals surface area contributed by atoms with Crippen LogP contribution in [0.5, 0.6) is 5.75 Å². The van der Waals surface area contributed by atoms with Gasteiger partial charge in [-0.05, 0) is 50.1 Å². The summed E-state index contributed by atoms with van der Waals surface area (Å²) in [6, 6.07) is 14.8. The molecule has 0 saturated heterocycles. The lowest BCUT2D eigenvalue weighted by Gasteiger charge is -2.38. The molecule has 0 bridgehead atoms. The minimum atomic E-state index is -0.991. The number of carbonyl (C=O) groups excluding carboxylic acids is 2. The molecule has 0 saturated carbocycles. The van der Waals surface area contributed by atoms with E-state index in [-0.39, 0.29) is 12.5 Å². The van der Waals surface area contributed by atoms with Crippen LogP contribution in [0, 0.1) is 5.92 Å². The van der Waals surface area contributed by atoms with E-state index in [0.717, 1.165) is 35.2 Å². The molecule has 2 aromatic carbocycles. The maximum absolute atomic E-state index is 13.7. The third-order valence-corrected chi connectivity index (χ3v) is 5.75. The molecular formula is C25H29N3O4. The molecule has 1 aliphatic rings. The molecule has 1 aliphatic heterocycles. The number of esters is 1. The number of hydrogen-bond donors (Lipinski definition) is 0. The van der Waals surface area contributed by atoms with E-state index in [1.807, 2.05) is 60.0 Å². The number of aromatic nitrogens is 2. The van der Waals surface area contributed by atoms with Crippen LogP contribution in [0.2, 0.25) is 0 Å².